The van der Waals surface area contributed by atoms with Gasteiger partial charge in [-0.15, -0.1) is 0 Å². The van der Waals surface area contributed by atoms with Crippen molar-refractivity contribution in [1.29, 1.82) is 0 Å². The maximum atomic E-state index is 15.0. The summed E-state index contributed by atoms with van der Waals surface area (Å²) in [4.78, 5) is 25.0. The van der Waals surface area contributed by atoms with E-state index < -0.39 is 17.8 Å². The standard InChI is InChI=1S/C20H16BrFN2O4/c1-11-14(21)10-9-13(16(11)22)17-15(19(25)27-2)18(20(26)28-3)24(23-17)12-7-5-4-6-8-12/h4-10H,1-3H3. The lowest BCUT2D eigenvalue weighted by atomic mass is 10.0. The van der Waals surface area contributed by atoms with Crippen molar-refractivity contribution in [3.8, 4) is 16.9 Å². The zero-order valence-corrected chi connectivity index (χ0v) is 16.9. The lowest BCUT2D eigenvalue weighted by Gasteiger charge is -2.07. The summed E-state index contributed by atoms with van der Waals surface area (Å²) < 4.78 is 26.5. The van der Waals surface area contributed by atoms with Crippen LogP contribution in [0.3, 0.4) is 0 Å². The number of nitrogens with zero attached hydrogens (tertiary/aromatic N) is 2. The van der Waals surface area contributed by atoms with E-state index in [4.69, 9.17) is 9.47 Å². The van der Waals surface area contributed by atoms with Gasteiger partial charge in [-0.25, -0.2) is 18.7 Å². The molecule has 28 heavy (non-hydrogen) atoms. The second kappa shape index (κ2) is 7.93. The summed E-state index contributed by atoms with van der Waals surface area (Å²) in [7, 11) is 2.37. The fourth-order valence-corrected chi connectivity index (χ4v) is 3.09. The fraction of sp³-hybridized carbons (Fsp3) is 0.150. The van der Waals surface area contributed by atoms with E-state index in [2.05, 4.69) is 21.0 Å². The summed E-state index contributed by atoms with van der Waals surface area (Å²) in [5.41, 5.74) is 0.607. The average Bonchev–Trinajstić information content (AvgIpc) is 3.12. The summed E-state index contributed by atoms with van der Waals surface area (Å²) in [5.74, 6) is -2.18. The molecule has 1 heterocycles. The van der Waals surface area contributed by atoms with Crippen molar-refractivity contribution in [2.24, 2.45) is 0 Å². The molecule has 0 aliphatic heterocycles. The molecule has 0 atom stereocenters. The summed E-state index contributed by atoms with van der Waals surface area (Å²) >= 11 is 3.27. The van der Waals surface area contributed by atoms with Gasteiger partial charge in [0, 0.05) is 10.0 Å². The highest BCUT2D eigenvalue weighted by Crippen LogP contribution is 2.33. The van der Waals surface area contributed by atoms with Gasteiger partial charge in [0.2, 0.25) is 0 Å². The molecular formula is C20H16BrFN2O4. The van der Waals surface area contributed by atoms with Crippen LogP contribution in [0.4, 0.5) is 4.39 Å². The first kappa shape index (κ1) is 19.8. The van der Waals surface area contributed by atoms with Crippen LogP contribution < -0.4 is 0 Å². The lowest BCUT2D eigenvalue weighted by Crippen LogP contribution is -2.15. The quantitative estimate of drug-likeness (QED) is 0.558. The molecule has 6 nitrogen and oxygen atoms in total. The second-order valence-corrected chi connectivity index (χ2v) is 6.69. The van der Waals surface area contributed by atoms with Gasteiger partial charge in [0.1, 0.15) is 17.1 Å². The van der Waals surface area contributed by atoms with Gasteiger partial charge in [0.25, 0.3) is 0 Å². The normalized spacial score (nSPS) is 10.6. The summed E-state index contributed by atoms with van der Waals surface area (Å²) in [5, 5.41) is 4.38. The Hall–Kier alpha value is -3.00. The number of rotatable bonds is 4. The molecule has 3 rings (SSSR count). The lowest BCUT2D eigenvalue weighted by molar-refractivity contribution is 0.0549. The number of aromatic nitrogens is 2. The Morgan fingerprint density at radius 2 is 1.68 bits per heavy atom. The van der Waals surface area contributed by atoms with Crippen LogP contribution in [0.1, 0.15) is 26.4 Å². The molecule has 0 radical (unpaired) electrons. The van der Waals surface area contributed by atoms with Crippen LogP contribution in [0.2, 0.25) is 0 Å². The van der Waals surface area contributed by atoms with E-state index >= 15 is 0 Å². The average molecular weight is 447 g/mol. The number of hydrogen-bond donors (Lipinski definition) is 0. The Balaban J connectivity index is 2.41. The number of carbonyl (C=O) groups excluding carboxylic acids is 2. The monoisotopic (exact) mass is 446 g/mol. The van der Waals surface area contributed by atoms with Crippen molar-refractivity contribution in [2.75, 3.05) is 14.2 Å². The maximum absolute atomic E-state index is 15.0. The van der Waals surface area contributed by atoms with Gasteiger partial charge in [0.15, 0.2) is 5.69 Å². The van der Waals surface area contributed by atoms with Crippen LogP contribution in [0, 0.1) is 12.7 Å². The van der Waals surface area contributed by atoms with Gasteiger partial charge in [0.05, 0.1) is 19.9 Å². The minimum Gasteiger partial charge on any atom is -0.465 e. The van der Waals surface area contributed by atoms with Crippen molar-refractivity contribution >= 4 is 27.9 Å². The molecule has 0 unspecified atom stereocenters. The van der Waals surface area contributed by atoms with Gasteiger partial charge < -0.3 is 9.47 Å². The molecule has 0 aliphatic carbocycles. The molecule has 0 N–H and O–H groups in total. The zero-order valence-electron chi connectivity index (χ0n) is 15.3. The Bertz CT molecular complexity index is 1060. The molecule has 0 aliphatic rings. The van der Waals surface area contributed by atoms with Crippen molar-refractivity contribution in [1.82, 2.24) is 9.78 Å². The van der Waals surface area contributed by atoms with Crippen LogP contribution in [0.25, 0.3) is 16.9 Å². The Labute approximate surface area is 169 Å². The third-order valence-electron chi connectivity index (χ3n) is 4.23. The Morgan fingerprint density at radius 1 is 1.04 bits per heavy atom. The molecular weight excluding hydrogens is 431 g/mol. The fourth-order valence-electron chi connectivity index (χ4n) is 2.79. The van der Waals surface area contributed by atoms with Crippen molar-refractivity contribution in [3.63, 3.8) is 0 Å². The predicted molar refractivity (Wildman–Crippen MR) is 104 cm³/mol. The van der Waals surface area contributed by atoms with Gasteiger partial charge in [-0.3, -0.25) is 0 Å². The molecule has 3 aromatic rings. The predicted octanol–water partition coefficient (Wildman–Crippen LogP) is 4.32. The van der Waals surface area contributed by atoms with E-state index in [1.165, 1.54) is 25.0 Å². The first-order valence-electron chi connectivity index (χ1n) is 8.20. The molecule has 1 aromatic heterocycles. The molecule has 0 bridgehead atoms. The molecule has 2 aromatic carbocycles. The molecule has 8 heteroatoms. The van der Waals surface area contributed by atoms with Gasteiger partial charge in [-0.2, -0.15) is 5.10 Å². The molecule has 144 valence electrons. The largest absolute Gasteiger partial charge is 0.465 e. The Morgan fingerprint density at radius 3 is 2.29 bits per heavy atom. The van der Waals surface area contributed by atoms with Crippen LogP contribution in [0.5, 0.6) is 0 Å². The SMILES string of the molecule is COC(=O)c1c(-c2ccc(Br)c(C)c2F)nn(-c2ccccc2)c1C(=O)OC. The molecule has 0 amide bonds. The van der Waals surface area contributed by atoms with Gasteiger partial charge in [-0.1, -0.05) is 34.1 Å². The highest BCUT2D eigenvalue weighted by molar-refractivity contribution is 9.10. The first-order valence-corrected chi connectivity index (χ1v) is 9.00. The third kappa shape index (κ3) is 3.31. The molecule has 0 fully saturated rings. The van der Waals surface area contributed by atoms with Crippen molar-refractivity contribution in [3.05, 3.63) is 69.6 Å². The number of ether oxygens (including phenoxy) is 2. The van der Waals surface area contributed by atoms with Gasteiger partial charge in [-0.05, 0) is 36.8 Å². The van der Waals surface area contributed by atoms with Crippen LogP contribution in [0.15, 0.2) is 46.9 Å². The number of hydrogen-bond acceptors (Lipinski definition) is 5. The Kier molecular flexibility index (Phi) is 5.60. The van der Waals surface area contributed by atoms with Gasteiger partial charge >= 0.3 is 11.9 Å². The number of benzene rings is 2. The van der Waals surface area contributed by atoms with E-state index in [1.807, 2.05) is 0 Å². The highest BCUT2D eigenvalue weighted by Gasteiger charge is 2.32. The summed E-state index contributed by atoms with van der Waals surface area (Å²) in [6.45, 7) is 1.59. The minimum absolute atomic E-state index is 0.01000. The molecule has 0 spiro atoms. The minimum atomic E-state index is -0.822. The van der Waals surface area contributed by atoms with E-state index in [0.29, 0.717) is 15.7 Å². The smallest absolute Gasteiger partial charge is 0.357 e. The van der Waals surface area contributed by atoms with Crippen molar-refractivity contribution < 1.29 is 23.5 Å². The molecule has 0 saturated carbocycles. The number of carbonyl (C=O) groups is 2. The number of methoxy groups -OCH3 is 2. The highest BCUT2D eigenvalue weighted by atomic mass is 79.9. The van der Waals surface area contributed by atoms with E-state index in [1.54, 1.807) is 43.3 Å². The van der Waals surface area contributed by atoms with E-state index in [-0.39, 0.29) is 22.5 Å². The topological polar surface area (TPSA) is 70.4 Å². The van der Waals surface area contributed by atoms with E-state index in [0.717, 1.165) is 0 Å². The maximum Gasteiger partial charge on any atom is 0.357 e. The zero-order chi connectivity index (χ0) is 20.4. The molecule has 0 saturated heterocycles. The first-order chi connectivity index (χ1) is 13.4. The van der Waals surface area contributed by atoms with Crippen molar-refractivity contribution in [2.45, 2.75) is 6.92 Å². The number of esters is 2. The van der Waals surface area contributed by atoms with Crippen LogP contribution in [-0.4, -0.2) is 35.9 Å². The second-order valence-electron chi connectivity index (χ2n) is 5.84. The summed E-state index contributed by atoms with van der Waals surface area (Å²) in [6, 6.07) is 11.8. The number of para-hydroxylation sites is 1. The number of halogens is 2. The summed E-state index contributed by atoms with van der Waals surface area (Å²) in [6.07, 6.45) is 0. The van der Waals surface area contributed by atoms with Crippen LogP contribution >= 0.6 is 15.9 Å². The third-order valence-corrected chi connectivity index (χ3v) is 5.09. The van der Waals surface area contributed by atoms with E-state index in [9.17, 15) is 14.0 Å². The van der Waals surface area contributed by atoms with Crippen LogP contribution in [-0.2, 0) is 9.47 Å².